The molecule has 0 spiro atoms. The number of allylic oxidation sites excluding steroid dienone is 3. The molecule has 0 aliphatic heterocycles. The molecule has 0 unspecified atom stereocenters. The van der Waals surface area contributed by atoms with E-state index in [1.54, 1.807) is 0 Å². The molecule has 0 atom stereocenters. The fourth-order valence-electron chi connectivity index (χ4n) is 1.31. The Morgan fingerprint density at radius 2 is 1.36 bits per heavy atom. The van der Waals surface area contributed by atoms with Crippen LogP contribution in [0.25, 0.3) is 0 Å². The zero-order valence-corrected chi connectivity index (χ0v) is 17.9. The molecule has 0 heterocycles. The van der Waals surface area contributed by atoms with Crippen molar-refractivity contribution >= 4 is 0 Å². The molecule has 0 aromatic heterocycles. The zero-order chi connectivity index (χ0) is 14.1. The quantitative estimate of drug-likeness (QED) is 0.290. The van der Waals surface area contributed by atoms with Gasteiger partial charge in [-0.2, -0.15) is 0 Å². The molecule has 0 aliphatic carbocycles. The minimum atomic E-state index is 0. The normalized spacial score (nSPS) is 8.73. The maximum Gasteiger partial charge on any atom is 3.00 e. The largest absolute Gasteiger partial charge is 3.00 e. The van der Waals surface area contributed by atoms with Gasteiger partial charge < -0.3 is 22.3 Å². The minimum Gasteiger partial charge on any atom is -0.358 e. The second kappa shape index (κ2) is 18.4. The summed E-state index contributed by atoms with van der Waals surface area (Å²) in [4.78, 5) is 0. The maximum absolute atomic E-state index is 3.74. The number of rotatable bonds is 3. The SMILES string of the molecule is C=C(C)/C=C/C(C)C.Cc1ccc(C(C)C)cc1.[CH3-].[CH3-].[CH3-].[Ru+3]. The first-order valence-corrected chi connectivity index (χ1v) is 6.73. The molecule has 1 heteroatoms. The van der Waals surface area contributed by atoms with Crippen LogP contribution in [0.4, 0.5) is 0 Å². The molecule has 0 N–H and O–H groups in total. The molecule has 0 saturated carbocycles. The summed E-state index contributed by atoms with van der Waals surface area (Å²) >= 11 is 0. The third kappa shape index (κ3) is 19.3. The fraction of sp³-hybridized carbons (Fsp3) is 0.381. The van der Waals surface area contributed by atoms with Gasteiger partial charge in [0.1, 0.15) is 0 Å². The summed E-state index contributed by atoms with van der Waals surface area (Å²) in [5.74, 6) is 1.30. The number of hydrogen-bond donors (Lipinski definition) is 0. The van der Waals surface area contributed by atoms with E-state index >= 15 is 0 Å². The molecule has 0 fully saturated rings. The second-order valence-corrected chi connectivity index (χ2v) is 5.51. The summed E-state index contributed by atoms with van der Waals surface area (Å²) in [5.41, 5.74) is 3.88. The van der Waals surface area contributed by atoms with E-state index in [1.165, 1.54) is 11.1 Å². The van der Waals surface area contributed by atoms with Gasteiger partial charge in [0.15, 0.2) is 0 Å². The molecular weight excluding hydrogens is 353 g/mol. The van der Waals surface area contributed by atoms with Crippen LogP contribution >= 0.6 is 0 Å². The third-order valence-electron chi connectivity index (χ3n) is 2.51. The van der Waals surface area contributed by atoms with Crippen molar-refractivity contribution in [2.75, 3.05) is 0 Å². The average molecular weight is 391 g/mol. The van der Waals surface area contributed by atoms with Gasteiger partial charge in [0.2, 0.25) is 0 Å². The van der Waals surface area contributed by atoms with Crippen LogP contribution in [0.3, 0.4) is 0 Å². The van der Waals surface area contributed by atoms with Gasteiger partial charge in [-0.25, -0.2) is 0 Å². The van der Waals surface area contributed by atoms with E-state index in [4.69, 9.17) is 0 Å². The van der Waals surface area contributed by atoms with Gasteiger partial charge in [-0.15, -0.1) is 0 Å². The molecule has 0 saturated heterocycles. The molecule has 22 heavy (non-hydrogen) atoms. The maximum atomic E-state index is 3.74. The smallest absolute Gasteiger partial charge is 0.358 e. The second-order valence-electron chi connectivity index (χ2n) is 5.51. The van der Waals surface area contributed by atoms with E-state index in [9.17, 15) is 0 Å². The van der Waals surface area contributed by atoms with Crippen LogP contribution in [-0.2, 0) is 19.5 Å². The van der Waals surface area contributed by atoms with Crippen LogP contribution < -0.4 is 0 Å². The number of benzene rings is 1. The predicted octanol–water partition coefficient (Wildman–Crippen LogP) is 7.24. The predicted molar refractivity (Wildman–Crippen MR) is 103 cm³/mol. The van der Waals surface area contributed by atoms with E-state index in [1.807, 2.05) is 13.0 Å². The van der Waals surface area contributed by atoms with Crippen LogP contribution in [-0.4, -0.2) is 0 Å². The number of hydrogen-bond acceptors (Lipinski definition) is 0. The number of aryl methyl sites for hydroxylation is 1. The van der Waals surface area contributed by atoms with E-state index in [2.05, 4.69) is 71.5 Å². The molecule has 0 bridgehead atoms. The van der Waals surface area contributed by atoms with Crippen molar-refractivity contribution in [3.8, 4) is 0 Å². The van der Waals surface area contributed by atoms with Crippen molar-refractivity contribution in [1.29, 1.82) is 0 Å². The van der Waals surface area contributed by atoms with Gasteiger partial charge in [-0.05, 0) is 31.2 Å². The summed E-state index contributed by atoms with van der Waals surface area (Å²) in [5, 5.41) is 0. The van der Waals surface area contributed by atoms with Gasteiger partial charge >= 0.3 is 19.5 Å². The van der Waals surface area contributed by atoms with E-state index < -0.39 is 0 Å². The van der Waals surface area contributed by atoms with Crippen LogP contribution in [0.15, 0.2) is 48.6 Å². The van der Waals surface area contributed by atoms with Crippen LogP contribution in [0.2, 0.25) is 0 Å². The van der Waals surface area contributed by atoms with Crippen molar-refractivity contribution in [2.45, 2.75) is 47.5 Å². The Morgan fingerprint density at radius 3 is 1.59 bits per heavy atom. The molecule has 129 valence electrons. The fourth-order valence-corrected chi connectivity index (χ4v) is 1.31. The summed E-state index contributed by atoms with van der Waals surface area (Å²) < 4.78 is 0. The molecule has 1 rings (SSSR count). The first-order valence-electron chi connectivity index (χ1n) is 6.73. The monoisotopic (exact) mass is 391 g/mol. The van der Waals surface area contributed by atoms with Crippen LogP contribution in [0.5, 0.6) is 0 Å². The first kappa shape index (κ1) is 33.1. The van der Waals surface area contributed by atoms with Crippen molar-refractivity contribution in [2.24, 2.45) is 5.92 Å². The third-order valence-corrected chi connectivity index (χ3v) is 2.51. The Bertz CT molecular complexity index is 369. The average Bonchev–Trinajstić information content (AvgIpc) is 2.28. The molecular formula is C21H37Ru. The van der Waals surface area contributed by atoms with Crippen molar-refractivity contribution in [1.82, 2.24) is 0 Å². The van der Waals surface area contributed by atoms with Gasteiger partial charge in [-0.3, -0.25) is 0 Å². The van der Waals surface area contributed by atoms with E-state index in [-0.39, 0.29) is 41.8 Å². The summed E-state index contributed by atoms with van der Waals surface area (Å²) in [7, 11) is 0. The summed E-state index contributed by atoms with van der Waals surface area (Å²) in [6.45, 7) is 16.6. The summed E-state index contributed by atoms with van der Waals surface area (Å²) in [6.07, 6.45) is 4.19. The first-order chi connectivity index (χ1) is 8.32. The Labute approximate surface area is 154 Å². The van der Waals surface area contributed by atoms with Crippen molar-refractivity contribution in [3.05, 3.63) is 82.0 Å². The standard InChI is InChI=1S/C10H14.C8H14.3CH3.Ru/c1-8(2)10-6-4-9(3)5-7-10;1-7(2)5-6-8(3)4;;;;/h4-8H,1-3H3;5-6,8H,1H2,2-4H3;3*1H3;/q;;3*-1;+3/b;6-5+;;;;. The van der Waals surface area contributed by atoms with Crippen molar-refractivity contribution in [3.63, 3.8) is 0 Å². The Morgan fingerprint density at radius 1 is 0.955 bits per heavy atom. The van der Waals surface area contributed by atoms with Crippen molar-refractivity contribution < 1.29 is 19.5 Å². The molecule has 1 aromatic carbocycles. The molecule has 1 aromatic rings. The molecule has 1 radical (unpaired) electrons. The molecule has 0 aliphatic rings. The van der Waals surface area contributed by atoms with E-state index in [0.29, 0.717) is 11.8 Å². The Kier molecular flexibility index (Phi) is 27.6. The van der Waals surface area contributed by atoms with Gasteiger partial charge in [0.25, 0.3) is 0 Å². The minimum absolute atomic E-state index is 0. The zero-order valence-electron chi connectivity index (χ0n) is 16.2. The van der Waals surface area contributed by atoms with Gasteiger partial charge in [0.05, 0.1) is 0 Å². The Balaban J connectivity index is -0.0000000756. The molecule has 0 amide bonds. The molecule has 0 nitrogen and oxygen atoms in total. The van der Waals surface area contributed by atoms with Gasteiger partial charge in [-0.1, -0.05) is 81.8 Å². The van der Waals surface area contributed by atoms with Crippen LogP contribution in [0, 0.1) is 35.1 Å². The summed E-state index contributed by atoms with van der Waals surface area (Å²) in [6, 6.07) is 8.71. The van der Waals surface area contributed by atoms with E-state index in [0.717, 1.165) is 5.57 Å². The van der Waals surface area contributed by atoms with Crippen LogP contribution in [0.1, 0.15) is 51.7 Å². The topological polar surface area (TPSA) is 0 Å². The van der Waals surface area contributed by atoms with Gasteiger partial charge in [0, 0.05) is 0 Å². The Hall–Kier alpha value is -0.677.